The van der Waals surface area contributed by atoms with Gasteiger partial charge in [0.2, 0.25) is 0 Å². The van der Waals surface area contributed by atoms with Crippen LogP contribution in [0.4, 0.5) is 11.4 Å². The second-order valence-electron chi connectivity index (χ2n) is 32.6. The van der Waals surface area contributed by atoms with E-state index in [1.807, 2.05) is 82.6 Å². The lowest BCUT2D eigenvalue weighted by molar-refractivity contribution is -0.384. The van der Waals surface area contributed by atoms with E-state index in [0.29, 0.717) is 20.5 Å². The molecule has 7 saturated heterocycles. The number of non-ortho nitro benzene ring substituents is 1. The van der Waals surface area contributed by atoms with Gasteiger partial charge in [0.25, 0.3) is 29.3 Å². The Kier molecular flexibility index (Phi) is 34.5. The van der Waals surface area contributed by atoms with Crippen molar-refractivity contribution in [2.45, 2.75) is 156 Å². The Labute approximate surface area is 646 Å². The zero-order chi connectivity index (χ0) is 81.3. The first-order valence-electron chi connectivity index (χ1n) is 36.7. The van der Waals surface area contributed by atoms with Gasteiger partial charge in [0.1, 0.15) is 0 Å². The molecule has 30 nitrogen and oxygen atoms in total. The van der Waals surface area contributed by atoms with Crippen molar-refractivity contribution >= 4 is 120 Å². The lowest BCUT2D eigenvalue weighted by atomic mass is 9.31. The van der Waals surface area contributed by atoms with E-state index >= 15 is 0 Å². The first-order valence-corrected chi connectivity index (χ1v) is 36.7. The number of rotatable bonds is 13. The Morgan fingerprint density at radius 2 is 0.954 bits per heavy atom. The molecule has 4 aromatic rings. The highest BCUT2D eigenvalue weighted by Gasteiger charge is 2.63. The number of nitrogen functional groups attached to an aromatic ring is 1. The molecule has 2 aromatic carbocycles. The van der Waals surface area contributed by atoms with E-state index in [2.05, 4.69) is 178 Å². The molecule has 108 heavy (non-hydrogen) atoms. The highest BCUT2D eigenvalue weighted by molar-refractivity contribution is 7.17. The lowest BCUT2D eigenvalue weighted by Gasteiger charge is -2.37. The molecule has 0 spiro atoms. The molecule has 4 N–H and O–H groups in total. The lowest BCUT2D eigenvalue weighted by Crippen LogP contribution is -2.67. The average molecular weight is 1500 g/mol. The van der Waals surface area contributed by atoms with Crippen molar-refractivity contribution in [1.29, 1.82) is 0 Å². The van der Waals surface area contributed by atoms with Gasteiger partial charge in [-0.05, 0) is 161 Å². The zero-order valence-electron chi connectivity index (χ0n) is 68.9. The minimum Gasteiger partial charge on any atom is -0.423 e. The zero-order valence-corrected chi connectivity index (χ0v) is 68.9. The summed E-state index contributed by atoms with van der Waals surface area (Å²) in [5, 5.41) is 27.5. The third-order valence-corrected chi connectivity index (χ3v) is 19.4. The van der Waals surface area contributed by atoms with Crippen LogP contribution in [0.5, 0.6) is 0 Å². The number of carbonyl (C=O) groups excluding carboxylic acids is 4. The van der Waals surface area contributed by atoms with Crippen LogP contribution in [0.2, 0.25) is 12.6 Å². The number of hydrogen-bond donors (Lipinski definition) is 3. The maximum Gasteiger partial charge on any atom is 0.495 e. The predicted octanol–water partition coefficient (Wildman–Crippen LogP) is 0.923. The summed E-state index contributed by atoms with van der Waals surface area (Å²) in [5.41, 5.74) is 9.82. The highest BCUT2D eigenvalue weighted by atomic mass is 16.7. The van der Waals surface area contributed by atoms with Gasteiger partial charge in [0.15, 0.2) is 31.1 Å². The first-order chi connectivity index (χ1) is 50.2. The molecule has 1 radical (unpaired) electrons. The minimum atomic E-state index is -1.66. The molecule has 4 atom stereocenters. The number of nitrogens with zero attached hydrogens (tertiary/aromatic N) is 13. The van der Waals surface area contributed by atoms with Crippen molar-refractivity contribution in [2.75, 3.05) is 130 Å². The number of aromatic nitrogens is 2. The maximum atomic E-state index is 12.5. The normalized spacial score (nSPS) is 21.1. The molecule has 11 rings (SSSR count). The van der Waals surface area contributed by atoms with E-state index in [1.165, 1.54) is 55.9 Å². The van der Waals surface area contributed by atoms with Crippen LogP contribution >= 0.6 is 0 Å². The smallest absolute Gasteiger partial charge is 0.423 e. The summed E-state index contributed by atoms with van der Waals surface area (Å²) in [6.07, 6.45) is 5.14. The summed E-state index contributed by atoms with van der Waals surface area (Å²) < 4.78 is 45.6. The molecule has 0 bridgehead atoms. The van der Waals surface area contributed by atoms with E-state index in [-0.39, 0.29) is 66.4 Å². The number of fused-ring (bicyclic) bond motifs is 2. The molecule has 0 aliphatic carbocycles. The fraction of sp³-hybridized carbons (Fsp3) is 0.623. The van der Waals surface area contributed by atoms with Gasteiger partial charge < -0.3 is 101 Å². The van der Waals surface area contributed by atoms with Crippen LogP contribution in [-0.4, -0.2) is 331 Å². The molecule has 587 valence electrons. The molecule has 7 fully saturated rings. The number of nitrogens with two attached hydrogens (primary N) is 1. The molecule has 2 aromatic heterocycles. The average Bonchev–Trinajstić information content (AvgIpc) is 1.61. The van der Waals surface area contributed by atoms with Gasteiger partial charge in [0, 0.05) is 119 Å². The highest BCUT2D eigenvalue weighted by Crippen LogP contribution is 2.37. The largest absolute Gasteiger partial charge is 0.495 e. The molecule has 39 heteroatoms. The van der Waals surface area contributed by atoms with Gasteiger partial charge in [-0.2, -0.15) is 0 Å². The summed E-state index contributed by atoms with van der Waals surface area (Å²) in [7, 11) is 20.7. The van der Waals surface area contributed by atoms with E-state index in [1.54, 1.807) is 40.6 Å². The van der Waals surface area contributed by atoms with Crippen molar-refractivity contribution in [3.8, 4) is 0 Å². The van der Waals surface area contributed by atoms with Crippen molar-refractivity contribution < 1.29 is 71.4 Å². The fourth-order valence-corrected chi connectivity index (χ4v) is 12.5. The van der Waals surface area contributed by atoms with Crippen LogP contribution in [0.3, 0.4) is 0 Å². The van der Waals surface area contributed by atoms with Crippen LogP contribution in [0.25, 0.3) is 0 Å². The van der Waals surface area contributed by atoms with Crippen molar-refractivity contribution in [2.24, 2.45) is 5.41 Å². The standard InChI is InChI=1S/C14H20B2N4O8.C12H18BNO2.C10H22BN2.C10H14BNO2.C9H14BN.C8H24B2N4.C6H6BNO4/c1-17-5-18(2)12(22)8-7(11(17)21)25-15(26-8)16-27-9-10(28-16)14(24)20(4)6-19(3)13(9)23;1-11(2)12(3,4)16-13(15-11)9-6-5-7-10(14)8-9;1-9(2,3)12-7-8-13(11-12)10(4,5)6;1-10(2)7-13-11(14-8-10)9-4-3-5-12-6-9;1-3-10(4-2)9-6-5-7-11-8-9;1-11(2)9(12(3)4)10(13(5)6)14(7)8;9-7(10)5-2-1-3-6(4-5)8(11)12/h7-10H,5-6H2,1-4H3;5-8H,14H2,1-4H3;7-8H2,1-6H3;3-6H,7-8H2,1-2H3;5-8H,3-4H2,1-2H3;1-8H3;1-4,9-10H/t7-,8-,9-,10-;;;;;;/m0....../s1. The number of benzene rings is 2. The van der Waals surface area contributed by atoms with Crippen LogP contribution in [0.15, 0.2) is 97.6 Å². The molecule has 0 saturated carbocycles. The first kappa shape index (κ1) is 92.4. The molecular formula is C69H118B9N14O16. The van der Waals surface area contributed by atoms with E-state index in [0.717, 1.165) is 49.0 Å². The van der Waals surface area contributed by atoms with Crippen molar-refractivity contribution in [1.82, 2.24) is 58.4 Å². The van der Waals surface area contributed by atoms with Crippen LogP contribution in [-0.2, 0) is 56.4 Å². The van der Waals surface area contributed by atoms with Crippen LogP contribution < -0.4 is 27.6 Å². The Balaban J connectivity index is 0.000000232. The number of anilines is 1. The summed E-state index contributed by atoms with van der Waals surface area (Å²) in [5.74, 6) is -1.65. The SMILES string of the molecule is CC(C)(C)N1[B]N(C(C)(C)C)CC1.CC1(C)COB(c2cccnc2)OC1.CC1(C)OB(c2cccc(N)c2)OC1(C)C.CCB(CC)c1cccnc1.CN(C)B(B(N(C)C)N(C)C)N(C)C.CN1CN(C)C(=O)[C@H]2OB(B3O[C@@H]4C(=O)N(C)CN(C)C(=O)[C@H]4O3)O[C@@H]2C1=O.O=[N+]([O-])c1cccc(B(O)O)c1. The predicted molar refractivity (Wildman–Crippen MR) is 432 cm³/mol. The fourth-order valence-electron chi connectivity index (χ4n) is 12.5. The van der Waals surface area contributed by atoms with Crippen molar-refractivity contribution in [3.05, 3.63) is 108 Å². The monoisotopic (exact) mass is 1500 g/mol. The second-order valence-corrected chi connectivity index (χ2v) is 32.6. The Hall–Kier alpha value is -6.24. The number of pyridine rings is 2. The number of nitro groups is 1. The molecule has 4 amide bonds. The minimum absolute atomic E-state index is 0.115. The number of carbonyl (C=O) groups is 4. The third-order valence-electron chi connectivity index (χ3n) is 19.4. The molecule has 7 aliphatic heterocycles. The number of hydrogen-bond acceptors (Lipinski definition) is 25. The van der Waals surface area contributed by atoms with E-state index in [9.17, 15) is 29.3 Å². The Bertz CT molecular complexity index is 3310. The maximum absolute atomic E-state index is 12.5. The summed E-state index contributed by atoms with van der Waals surface area (Å²) in [6, 6.07) is 20.8. The molecule has 9 heterocycles. The topological polar surface area (TPSA) is 310 Å². The van der Waals surface area contributed by atoms with E-state index in [4.69, 9.17) is 53.0 Å². The Morgan fingerprint density at radius 1 is 0.574 bits per heavy atom. The van der Waals surface area contributed by atoms with Gasteiger partial charge >= 0.3 is 56.7 Å². The summed E-state index contributed by atoms with van der Waals surface area (Å²) in [4.78, 5) is 87.0. The van der Waals surface area contributed by atoms with E-state index < -0.39 is 74.1 Å². The number of nitro benzene ring substituents is 1. The van der Waals surface area contributed by atoms with Crippen LogP contribution in [0.1, 0.15) is 96.9 Å². The van der Waals surface area contributed by atoms with Gasteiger partial charge in [-0.15, -0.1) is 0 Å². The number of amides is 4. The summed E-state index contributed by atoms with van der Waals surface area (Å²) in [6.45, 7) is 35.9. The van der Waals surface area contributed by atoms with Gasteiger partial charge in [0.05, 0.1) is 29.5 Å². The van der Waals surface area contributed by atoms with Gasteiger partial charge in [-0.3, -0.25) is 39.3 Å². The number of likely N-dealkylation sites (N-methyl/N-ethyl adjacent to an activating group) is 4. The Morgan fingerprint density at radius 3 is 1.28 bits per heavy atom. The van der Waals surface area contributed by atoms with Crippen LogP contribution in [0, 0.1) is 15.5 Å². The third kappa shape index (κ3) is 25.9. The molecule has 7 aliphatic rings. The van der Waals surface area contributed by atoms with Gasteiger partial charge in [-0.25, -0.2) is 0 Å². The molecule has 0 unspecified atom stereocenters. The summed E-state index contributed by atoms with van der Waals surface area (Å²) >= 11 is 0. The second kappa shape index (κ2) is 40.3. The quantitative estimate of drug-likeness (QED) is 0.0725. The van der Waals surface area contributed by atoms with Gasteiger partial charge in [-0.1, -0.05) is 82.2 Å². The van der Waals surface area contributed by atoms with Crippen molar-refractivity contribution in [3.63, 3.8) is 0 Å². The molecular weight excluding hydrogens is 1380 g/mol.